The molecule has 8 heteroatoms. The standard InChI is InChI=1S/C10H16N4O3S/c11-7-8-9(3-1-5-13-8)18(16,17)14-6-2-4-10(12)15/h1,3,5,14H,2,4,6-7,11H2,(H2,12,15). The highest BCUT2D eigenvalue weighted by molar-refractivity contribution is 7.89. The number of pyridine rings is 1. The summed E-state index contributed by atoms with van der Waals surface area (Å²) in [7, 11) is -3.65. The minimum atomic E-state index is -3.65. The van der Waals surface area contributed by atoms with E-state index in [0.717, 1.165) is 0 Å². The second-order valence-electron chi connectivity index (χ2n) is 3.62. The number of hydrogen-bond acceptors (Lipinski definition) is 5. The molecule has 7 nitrogen and oxygen atoms in total. The van der Waals surface area contributed by atoms with Crippen molar-refractivity contribution in [3.8, 4) is 0 Å². The zero-order valence-corrected chi connectivity index (χ0v) is 10.6. The van der Waals surface area contributed by atoms with Gasteiger partial charge in [0.15, 0.2) is 0 Å². The van der Waals surface area contributed by atoms with Crippen LogP contribution in [-0.2, 0) is 21.4 Å². The Morgan fingerprint density at radius 2 is 2.17 bits per heavy atom. The summed E-state index contributed by atoms with van der Waals surface area (Å²) in [6.07, 6.45) is 1.97. The van der Waals surface area contributed by atoms with Crippen molar-refractivity contribution in [1.29, 1.82) is 0 Å². The van der Waals surface area contributed by atoms with Crippen molar-refractivity contribution in [3.63, 3.8) is 0 Å². The maximum absolute atomic E-state index is 11.9. The van der Waals surface area contributed by atoms with E-state index in [1.807, 2.05) is 0 Å². The van der Waals surface area contributed by atoms with Crippen LogP contribution in [-0.4, -0.2) is 25.9 Å². The number of carbonyl (C=O) groups excluding carboxylic acids is 1. The zero-order valence-electron chi connectivity index (χ0n) is 9.80. The van der Waals surface area contributed by atoms with Crippen LogP contribution in [0, 0.1) is 0 Å². The molecule has 0 aliphatic heterocycles. The van der Waals surface area contributed by atoms with Crippen LogP contribution in [0.3, 0.4) is 0 Å². The van der Waals surface area contributed by atoms with Gasteiger partial charge in [0.05, 0.1) is 5.69 Å². The number of nitrogens with two attached hydrogens (primary N) is 2. The summed E-state index contributed by atoms with van der Waals surface area (Å²) < 4.78 is 26.2. The van der Waals surface area contributed by atoms with E-state index >= 15 is 0 Å². The number of primary amides is 1. The van der Waals surface area contributed by atoms with Crippen LogP contribution >= 0.6 is 0 Å². The molecule has 1 aromatic heterocycles. The molecule has 0 aliphatic carbocycles. The summed E-state index contributed by atoms with van der Waals surface area (Å²) in [6.45, 7) is 0.183. The molecule has 0 aliphatic rings. The smallest absolute Gasteiger partial charge is 0.242 e. The third kappa shape index (κ3) is 4.06. The first-order valence-electron chi connectivity index (χ1n) is 5.39. The molecule has 1 rings (SSSR count). The lowest BCUT2D eigenvalue weighted by Crippen LogP contribution is -2.27. The van der Waals surface area contributed by atoms with E-state index in [9.17, 15) is 13.2 Å². The maximum Gasteiger partial charge on any atom is 0.242 e. The molecule has 0 spiro atoms. The van der Waals surface area contributed by atoms with Gasteiger partial charge < -0.3 is 11.5 Å². The van der Waals surface area contributed by atoms with Crippen molar-refractivity contribution in [2.75, 3.05) is 6.54 Å². The Morgan fingerprint density at radius 1 is 1.44 bits per heavy atom. The quantitative estimate of drug-likeness (QED) is 0.553. The average molecular weight is 272 g/mol. The molecule has 0 atom stereocenters. The van der Waals surface area contributed by atoms with Crippen LogP contribution < -0.4 is 16.2 Å². The van der Waals surface area contributed by atoms with Crippen molar-refractivity contribution in [2.24, 2.45) is 11.5 Å². The first-order valence-corrected chi connectivity index (χ1v) is 6.87. The Bertz CT molecular complexity index is 516. The van der Waals surface area contributed by atoms with Crippen LogP contribution in [0.25, 0.3) is 0 Å². The summed E-state index contributed by atoms with van der Waals surface area (Å²) in [5.74, 6) is -0.460. The van der Waals surface area contributed by atoms with Gasteiger partial charge in [-0.15, -0.1) is 0 Å². The topological polar surface area (TPSA) is 128 Å². The predicted octanol–water partition coefficient (Wildman–Crippen LogP) is -0.916. The fourth-order valence-corrected chi connectivity index (χ4v) is 2.64. The number of rotatable bonds is 7. The molecule has 1 aromatic rings. The maximum atomic E-state index is 11.9. The molecule has 0 fully saturated rings. The lowest BCUT2D eigenvalue weighted by Gasteiger charge is -2.09. The normalized spacial score (nSPS) is 11.4. The number of nitrogens with zero attached hydrogens (tertiary/aromatic N) is 1. The van der Waals surface area contributed by atoms with Gasteiger partial charge in [-0.05, 0) is 18.6 Å². The van der Waals surface area contributed by atoms with Crippen LogP contribution in [0.2, 0.25) is 0 Å². The summed E-state index contributed by atoms with van der Waals surface area (Å²) in [6, 6.07) is 2.96. The molecule has 1 amide bonds. The van der Waals surface area contributed by atoms with Gasteiger partial charge >= 0.3 is 0 Å². The van der Waals surface area contributed by atoms with Crippen molar-refractivity contribution < 1.29 is 13.2 Å². The van der Waals surface area contributed by atoms with Crippen LogP contribution in [0.15, 0.2) is 23.2 Å². The molecule has 0 saturated heterocycles. The van der Waals surface area contributed by atoms with Gasteiger partial charge in [-0.1, -0.05) is 0 Å². The second kappa shape index (κ2) is 6.43. The number of sulfonamides is 1. The highest BCUT2D eigenvalue weighted by Gasteiger charge is 2.17. The Hall–Kier alpha value is -1.51. The molecule has 0 bridgehead atoms. The monoisotopic (exact) mass is 272 g/mol. The van der Waals surface area contributed by atoms with Crippen molar-refractivity contribution >= 4 is 15.9 Å². The Labute approximate surface area is 106 Å². The second-order valence-corrected chi connectivity index (χ2v) is 5.36. The Balaban J connectivity index is 2.71. The number of hydrogen-bond donors (Lipinski definition) is 3. The molecule has 5 N–H and O–H groups in total. The van der Waals surface area contributed by atoms with Crippen molar-refractivity contribution in [1.82, 2.24) is 9.71 Å². The molecule has 0 unspecified atom stereocenters. The van der Waals surface area contributed by atoms with E-state index < -0.39 is 15.9 Å². The fourth-order valence-electron chi connectivity index (χ4n) is 1.37. The molecular weight excluding hydrogens is 256 g/mol. The minimum Gasteiger partial charge on any atom is -0.370 e. The van der Waals surface area contributed by atoms with Gasteiger partial charge in [-0.2, -0.15) is 0 Å². The first-order chi connectivity index (χ1) is 8.47. The van der Waals surface area contributed by atoms with E-state index in [4.69, 9.17) is 11.5 Å². The third-order valence-corrected chi connectivity index (χ3v) is 3.76. The van der Waals surface area contributed by atoms with E-state index in [2.05, 4.69) is 9.71 Å². The summed E-state index contributed by atoms with van der Waals surface area (Å²) in [5, 5.41) is 0. The van der Waals surface area contributed by atoms with E-state index in [-0.39, 0.29) is 24.4 Å². The van der Waals surface area contributed by atoms with Crippen LogP contribution in [0.1, 0.15) is 18.5 Å². The van der Waals surface area contributed by atoms with Gasteiger partial charge in [-0.3, -0.25) is 9.78 Å². The van der Waals surface area contributed by atoms with Gasteiger partial charge in [0.1, 0.15) is 4.90 Å². The van der Waals surface area contributed by atoms with Gasteiger partial charge in [0.2, 0.25) is 15.9 Å². The van der Waals surface area contributed by atoms with E-state index in [0.29, 0.717) is 12.1 Å². The largest absolute Gasteiger partial charge is 0.370 e. The Kier molecular flexibility index (Phi) is 5.20. The molecule has 18 heavy (non-hydrogen) atoms. The Morgan fingerprint density at radius 3 is 2.78 bits per heavy atom. The van der Waals surface area contributed by atoms with Gasteiger partial charge in [-0.25, -0.2) is 13.1 Å². The molecule has 0 aromatic carbocycles. The number of nitrogens with one attached hydrogen (secondary N) is 1. The summed E-state index contributed by atoms with van der Waals surface area (Å²) in [4.78, 5) is 14.5. The summed E-state index contributed by atoms with van der Waals surface area (Å²) >= 11 is 0. The third-order valence-electron chi connectivity index (χ3n) is 2.22. The molecule has 0 saturated carbocycles. The number of aromatic nitrogens is 1. The van der Waals surface area contributed by atoms with Gasteiger partial charge in [0, 0.05) is 25.7 Å². The van der Waals surface area contributed by atoms with Crippen molar-refractivity contribution in [3.05, 3.63) is 24.0 Å². The van der Waals surface area contributed by atoms with E-state index in [1.165, 1.54) is 18.3 Å². The highest BCUT2D eigenvalue weighted by Crippen LogP contribution is 2.11. The summed E-state index contributed by atoms with van der Waals surface area (Å²) in [5.41, 5.74) is 10.7. The van der Waals surface area contributed by atoms with E-state index in [1.54, 1.807) is 0 Å². The molecule has 100 valence electrons. The number of carbonyl (C=O) groups is 1. The average Bonchev–Trinajstić information content (AvgIpc) is 2.34. The molecular formula is C10H16N4O3S. The fraction of sp³-hybridized carbons (Fsp3) is 0.400. The lowest BCUT2D eigenvalue weighted by molar-refractivity contribution is -0.118. The SMILES string of the molecule is NCc1ncccc1S(=O)(=O)NCCCC(N)=O. The van der Waals surface area contributed by atoms with Crippen LogP contribution in [0.4, 0.5) is 0 Å². The van der Waals surface area contributed by atoms with Crippen molar-refractivity contribution in [2.45, 2.75) is 24.3 Å². The molecule has 0 radical (unpaired) electrons. The predicted molar refractivity (Wildman–Crippen MR) is 65.7 cm³/mol. The number of amides is 1. The van der Waals surface area contributed by atoms with Gasteiger partial charge in [0.25, 0.3) is 0 Å². The zero-order chi connectivity index (χ0) is 13.6. The first kappa shape index (κ1) is 14.6. The van der Waals surface area contributed by atoms with Crippen LogP contribution in [0.5, 0.6) is 0 Å². The minimum absolute atomic E-state index is 0.0400. The lowest BCUT2D eigenvalue weighted by atomic mass is 10.3. The molecule has 1 heterocycles. The highest BCUT2D eigenvalue weighted by atomic mass is 32.2.